The van der Waals surface area contributed by atoms with Gasteiger partial charge in [-0.1, -0.05) is 0 Å². The second-order valence-corrected chi connectivity index (χ2v) is 2.09. The Balaban J connectivity index is 0.00000169. The topological polar surface area (TPSA) is 96.4 Å². The average Bonchev–Trinajstić information content (AvgIpc) is 2.48. The molecule has 0 bridgehead atoms. The van der Waals surface area contributed by atoms with E-state index in [0.717, 1.165) is 18.2 Å². The fourth-order valence-electron chi connectivity index (χ4n) is 0.680. The van der Waals surface area contributed by atoms with Gasteiger partial charge in [-0.05, 0) is 18.2 Å². The minimum absolute atomic E-state index is 0. The molecular formula is C7H4LiNO5. The number of hydrogen-bond donors (Lipinski definition) is 0. The van der Waals surface area contributed by atoms with E-state index >= 15 is 0 Å². The predicted octanol–water partition coefficient (Wildman–Crippen LogP) is -3.05. The van der Waals surface area contributed by atoms with Crippen LogP contribution >= 0.6 is 0 Å². The first-order chi connectivity index (χ1) is 6.09. The fraction of sp³-hybridized carbons (Fsp3) is 0. The van der Waals surface area contributed by atoms with Gasteiger partial charge < -0.3 is 14.3 Å². The molecule has 14 heavy (non-hydrogen) atoms. The molecule has 1 aromatic heterocycles. The van der Waals surface area contributed by atoms with E-state index in [1.807, 2.05) is 0 Å². The van der Waals surface area contributed by atoms with Crippen LogP contribution in [-0.2, 0) is 4.79 Å². The first-order valence-electron chi connectivity index (χ1n) is 3.23. The Bertz CT molecular complexity index is 370. The number of hydrogen-bond acceptors (Lipinski definition) is 5. The minimum Gasteiger partial charge on any atom is -0.545 e. The van der Waals surface area contributed by atoms with Crippen LogP contribution in [0.1, 0.15) is 5.76 Å². The summed E-state index contributed by atoms with van der Waals surface area (Å²) in [4.78, 5) is 19.3. The third-order valence-corrected chi connectivity index (χ3v) is 1.18. The molecule has 0 radical (unpaired) electrons. The van der Waals surface area contributed by atoms with Crippen LogP contribution in [0.2, 0.25) is 0 Å². The average molecular weight is 189 g/mol. The van der Waals surface area contributed by atoms with Gasteiger partial charge in [-0.3, -0.25) is 10.1 Å². The maximum absolute atomic E-state index is 10.1. The van der Waals surface area contributed by atoms with E-state index in [-0.39, 0.29) is 24.6 Å². The van der Waals surface area contributed by atoms with Crippen molar-refractivity contribution in [1.29, 1.82) is 0 Å². The molecule has 0 saturated carbocycles. The molecule has 0 saturated heterocycles. The zero-order valence-electron chi connectivity index (χ0n) is 7.30. The molecule has 6 nitrogen and oxygen atoms in total. The van der Waals surface area contributed by atoms with Crippen LogP contribution in [-0.4, -0.2) is 10.9 Å². The van der Waals surface area contributed by atoms with Crippen LogP contribution in [0.4, 0.5) is 5.88 Å². The van der Waals surface area contributed by atoms with E-state index in [1.54, 1.807) is 0 Å². The van der Waals surface area contributed by atoms with E-state index in [1.165, 1.54) is 6.07 Å². The van der Waals surface area contributed by atoms with Crippen molar-refractivity contribution in [3.05, 3.63) is 34.1 Å². The summed E-state index contributed by atoms with van der Waals surface area (Å²) in [6, 6.07) is 2.42. The van der Waals surface area contributed by atoms with Gasteiger partial charge >= 0.3 is 24.7 Å². The fourth-order valence-corrected chi connectivity index (χ4v) is 0.680. The van der Waals surface area contributed by atoms with E-state index in [9.17, 15) is 20.0 Å². The van der Waals surface area contributed by atoms with Crippen molar-refractivity contribution in [3.63, 3.8) is 0 Å². The van der Waals surface area contributed by atoms with Gasteiger partial charge in [0.15, 0.2) is 0 Å². The summed E-state index contributed by atoms with van der Waals surface area (Å²) >= 11 is 0. The van der Waals surface area contributed by atoms with Crippen LogP contribution < -0.4 is 24.0 Å². The number of nitro groups is 1. The van der Waals surface area contributed by atoms with Crippen molar-refractivity contribution >= 4 is 17.9 Å². The molecule has 1 heterocycles. The first kappa shape index (κ1) is 12.5. The monoisotopic (exact) mass is 189 g/mol. The second kappa shape index (κ2) is 5.27. The van der Waals surface area contributed by atoms with Crippen molar-refractivity contribution in [2.45, 2.75) is 0 Å². The van der Waals surface area contributed by atoms with Crippen molar-refractivity contribution in [2.24, 2.45) is 0 Å². The zero-order chi connectivity index (χ0) is 9.84. The molecule has 1 aromatic rings. The number of carbonyl (C=O) groups is 1. The predicted molar refractivity (Wildman–Crippen MR) is 39.4 cm³/mol. The Kier molecular flexibility index (Phi) is 4.70. The normalized spacial score (nSPS) is 9.71. The number of carboxylic acids is 1. The Hall–Kier alpha value is -1.51. The van der Waals surface area contributed by atoms with Crippen LogP contribution in [0, 0.1) is 10.1 Å². The van der Waals surface area contributed by atoms with Gasteiger partial charge in [0.2, 0.25) is 0 Å². The largest absolute Gasteiger partial charge is 1.00 e. The van der Waals surface area contributed by atoms with Gasteiger partial charge in [-0.25, -0.2) is 0 Å². The summed E-state index contributed by atoms with van der Waals surface area (Å²) in [5, 5.41) is 20.1. The molecule has 0 atom stereocenters. The molecule has 0 aliphatic carbocycles. The summed E-state index contributed by atoms with van der Waals surface area (Å²) < 4.78 is 4.62. The molecule has 68 valence electrons. The quantitative estimate of drug-likeness (QED) is 0.218. The number of aliphatic carboxylic acids is 1. The van der Waals surface area contributed by atoms with Gasteiger partial charge in [-0.2, -0.15) is 0 Å². The molecule has 7 heteroatoms. The Labute approximate surface area is 90.5 Å². The smallest absolute Gasteiger partial charge is 0.545 e. The summed E-state index contributed by atoms with van der Waals surface area (Å²) in [5.74, 6) is -1.73. The molecule has 0 spiro atoms. The maximum atomic E-state index is 10.1. The molecule has 0 aliphatic rings. The van der Waals surface area contributed by atoms with Crippen molar-refractivity contribution in [1.82, 2.24) is 0 Å². The van der Waals surface area contributed by atoms with E-state index in [0.29, 0.717) is 0 Å². The first-order valence-corrected chi connectivity index (χ1v) is 3.23. The number of carbonyl (C=O) groups excluding carboxylic acids is 1. The van der Waals surface area contributed by atoms with Gasteiger partial charge in [0.25, 0.3) is 0 Å². The van der Waals surface area contributed by atoms with E-state index < -0.39 is 16.8 Å². The summed E-state index contributed by atoms with van der Waals surface area (Å²) in [5.41, 5.74) is 0. The molecule has 0 aromatic carbocycles. The zero-order valence-corrected chi connectivity index (χ0v) is 7.30. The van der Waals surface area contributed by atoms with Crippen molar-refractivity contribution in [3.8, 4) is 0 Å². The van der Waals surface area contributed by atoms with E-state index in [2.05, 4.69) is 4.42 Å². The molecule has 1 rings (SSSR count). The SMILES string of the molecule is O=C([O-])C=Cc1ccc([N+](=O)[O-])o1.[Li+]. The third kappa shape index (κ3) is 3.47. The number of carboxylic acid groups (broad SMARTS) is 1. The van der Waals surface area contributed by atoms with Gasteiger partial charge in [0.05, 0.1) is 12.0 Å². The minimum atomic E-state index is -1.39. The van der Waals surface area contributed by atoms with Gasteiger partial charge in [-0.15, -0.1) is 0 Å². The molecule has 0 N–H and O–H groups in total. The Morgan fingerprint density at radius 1 is 1.50 bits per heavy atom. The second-order valence-electron chi connectivity index (χ2n) is 2.09. The summed E-state index contributed by atoms with van der Waals surface area (Å²) in [6.45, 7) is 0. The molecule has 0 fully saturated rings. The van der Waals surface area contributed by atoms with Crippen molar-refractivity contribution < 1.29 is 38.1 Å². The molecule has 0 amide bonds. The maximum Gasteiger partial charge on any atom is 1.00 e. The summed E-state index contributed by atoms with van der Waals surface area (Å²) in [7, 11) is 0. The van der Waals surface area contributed by atoms with Crippen LogP contribution in [0.15, 0.2) is 22.6 Å². The molecular weight excluding hydrogens is 185 g/mol. The van der Waals surface area contributed by atoms with Crippen LogP contribution in [0.25, 0.3) is 6.08 Å². The number of nitrogens with zero attached hydrogens (tertiary/aromatic N) is 1. The van der Waals surface area contributed by atoms with Gasteiger partial charge in [0.1, 0.15) is 10.7 Å². The van der Waals surface area contributed by atoms with E-state index in [4.69, 9.17) is 0 Å². The number of rotatable bonds is 3. The van der Waals surface area contributed by atoms with Gasteiger partial charge in [0, 0.05) is 0 Å². The standard InChI is InChI=1S/C7H5NO5.Li/c9-7(10)4-2-5-1-3-6(13-5)8(11)12;/h1-4H,(H,9,10);/q;+1/p-1. The summed E-state index contributed by atoms with van der Waals surface area (Å²) in [6.07, 6.45) is 1.80. The Morgan fingerprint density at radius 3 is 2.57 bits per heavy atom. The van der Waals surface area contributed by atoms with Crippen LogP contribution in [0.5, 0.6) is 0 Å². The third-order valence-electron chi connectivity index (χ3n) is 1.18. The number of furan rings is 1. The Morgan fingerprint density at radius 2 is 2.14 bits per heavy atom. The van der Waals surface area contributed by atoms with Crippen LogP contribution in [0.3, 0.4) is 0 Å². The van der Waals surface area contributed by atoms with Crippen molar-refractivity contribution in [2.75, 3.05) is 0 Å². The molecule has 0 unspecified atom stereocenters. The molecule has 0 aliphatic heterocycles.